The van der Waals surface area contributed by atoms with Crippen LogP contribution in [-0.4, -0.2) is 78.6 Å². The highest BCUT2D eigenvalue weighted by atomic mass is 35.5. The first kappa shape index (κ1) is 39.2. The Labute approximate surface area is 325 Å². The van der Waals surface area contributed by atoms with Gasteiger partial charge >= 0.3 is 0 Å². The van der Waals surface area contributed by atoms with Gasteiger partial charge in [-0.15, -0.1) is 22.7 Å². The van der Waals surface area contributed by atoms with Crippen LogP contribution in [0.25, 0.3) is 0 Å². The number of sulfonamides is 2. The van der Waals surface area contributed by atoms with Crippen LogP contribution < -0.4 is 35.0 Å². The number of hydrogen-bond acceptors (Lipinski definition) is 13. The van der Waals surface area contributed by atoms with Gasteiger partial charge in [-0.05, 0) is 67.2 Å². The lowest BCUT2D eigenvalue weighted by Crippen LogP contribution is -2.52. The number of ether oxygens (including phenoxy) is 1. The lowest BCUT2D eigenvalue weighted by Gasteiger charge is -2.41. The highest BCUT2D eigenvalue weighted by molar-refractivity contribution is 7.93. The maximum absolute atomic E-state index is 13.4. The standard InChI is InChI=1S/C21H20ClFN4O4S2.C13H16N4O2S2/c22-18-6-3-16(9-19(18)23)31-13-20(28)25-10-14-11-27(12-14)15-1-4-17(5-2-15)33(29,30)26-21-24-7-8-32-21;14-7-10-8-17(9-10)11-1-3-12(4-2-11)21(18,19)16-13-15-5-6-20-13/h1-9,14H,10-13H2,(H,24,26)(H,25,28);1-6,10H,7-9,14H2,(H,15,16). The van der Waals surface area contributed by atoms with Gasteiger partial charge in [-0.2, -0.15) is 0 Å². The summed E-state index contributed by atoms with van der Waals surface area (Å²) in [6.45, 7) is 4.28. The summed E-state index contributed by atoms with van der Waals surface area (Å²) in [5.41, 5.74) is 7.52. The van der Waals surface area contributed by atoms with Crippen molar-refractivity contribution in [1.82, 2.24) is 15.3 Å². The molecule has 2 fully saturated rings. The minimum atomic E-state index is -3.68. The third-order valence-electron chi connectivity index (χ3n) is 8.43. The minimum absolute atomic E-state index is 0.00931. The van der Waals surface area contributed by atoms with Crippen LogP contribution in [0.5, 0.6) is 5.75 Å². The molecule has 2 aromatic heterocycles. The molecule has 7 rings (SSSR count). The molecule has 5 aromatic rings. The van der Waals surface area contributed by atoms with E-state index in [0.29, 0.717) is 29.3 Å². The van der Waals surface area contributed by atoms with Gasteiger partial charge in [-0.3, -0.25) is 14.2 Å². The highest BCUT2D eigenvalue weighted by Gasteiger charge is 2.28. The lowest BCUT2D eigenvalue weighted by molar-refractivity contribution is -0.123. The molecule has 0 unspecified atom stereocenters. The zero-order chi connectivity index (χ0) is 38.3. The number of carbonyl (C=O) groups excluding carboxylic acids is 1. The van der Waals surface area contributed by atoms with Crippen molar-refractivity contribution in [3.63, 3.8) is 0 Å². The van der Waals surface area contributed by atoms with E-state index in [0.717, 1.165) is 43.6 Å². The van der Waals surface area contributed by atoms with E-state index in [1.165, 1.54) is 41.0 Å². The molecule has 0 bridgehead atoms. The van der Waals surface area contributed by atoms with Gasteiger partial charge in [0.05, 0.1) is 14.8 Å². The molecule has 3 aromatic carbocycles. The molecule has 0 saturated carbocycles. The molecule has 2 aliphatic rings. The molecule has 0 atom stereocenters. The molecule has 20 heteroatoms. The smallest absolute Gasteiger partial charge is 0.263 e. The van der Waals surface area contributed by atoms with Crippen LogP contribution in [0, 0.1) is 17.7 Å². The van der Waals surface area contributed by atoms with Crippen molar-refractivity contribution in [3.05, 3.63) is 101 Å². The summed E-state index contributed by atoms with van der Waals surface area (Å²) in [5, 5.41) is 6.89. The topological polar surface area (TPSA) is 189 Å². The average Bonchev–Trinajstić information content (AvgIpc) is 3.83. The van der Waals surface area contributed by atoms with Crippen LogP contribution in [0.4, 0.5) is 26.0 Å². The summed E-state index contributed by atoms with van der Waals surface area (Å²) in [4.78, 5) is 24.5. The average molecular weight is 835 g/mol. The van der Waals surface area contributed by atoms with E-state index in [9.17, 15) is 26.0 Å². The van der Waals surface area contributed by atoms with Gasteiger partial charge < -0.3 is 25.6 Å². The number of thiazole rings is 2. The predicted molar refractivity (Wildman–Crippen MR) is 209 cm³/mol. The van der Waals surface area contributed by atoms with Crippen LogP contribution in [0.15, 0.2) is 99.7 Å². The van der Waals surface area contributed by atoms with Crippen molar-refractivity contribution in [1.29, 1.82) is 0 Å². The van der Waals surface area contributed by atoms with Crippen LogP contribution >= 0.6 is 34.3 Å². The number of hydrogen-bond donors (Lipinski definition) is 4. The second-order valence-electron chi connectivity index (χ2n) is 12.3. The van der Waals surface area contributed by atoms with Crippen molar-refractivity contribution in [2.45, 2.75) is 9.79 Å². The molecule has 4 heterocycles. The molecule has 1 amide bonds. The fraction of sp³-hybridized carbons (Fsp3) is 0.265. The van der Waals surface area contributed by atoms with Crippen molar-refractivity contribution in [2.24, 2.45) is 17.6 Å². The molecule has 0 aliphatic carbocycles. The number of rotatable bonds is 14. The maximum Gasteiger partial charge on any atom is 0.263 e. The van der Waals surface area contributed by atoms with Gasteiger partial charge in [0.2, 0.25) is 0 Å². The van der Waals surface area contributed by atoms with Crippen molar-refractivity contribution in [2.75, 3.05) is 65.1 Å². The Morgan fingerprint density at radius 2 is 1.31 bits per heavy atom. The summed E-state index contributed by atoms with van der Waals surface area (Å²) in [7, 11) is -7.25. The number of aromatic nitrogens is 2. The fourth-order valence-corrected chi connectivity index (χ4v) is 9.13. The largest absolute Gasteiger partial charge is 0.484 e. The predicted octanol–water partition coefficient (Wildman–Crippen LogP) is 4.71. The zero-order valence-electron chi connectivity index (χ0n) is 28.5. The van der Waals surface area contributed by atoms with E-state index >= 15 is 0 Å². The second kappa shape index (κ2) is 17.3. The van der Waals surface area contributed by atoms with E-state index < -0.39 is 25.9 Å². The Hall–Kier alpha value is -4.53. The number of halogens is 2. The molecule has 0 spiro atoms. The number of nitrogens with zero attached hydrogens (tertiary/aromatic N) is 4. The van der Waals surface area contributed by atoms with Crippen molar-refractivity contribution >= 4 is 81.9 Å². The molecule has 54 heavy (non-hydrogen) atoms. The molecule has 2 aliphatic heterocycles. The Morgan fingerprint density at radius 3 is 1.76 bits per heavy atom. The van der Waals surface area contributed by atoms with Gasteiger partial charge in [0.1, 0.15) is 11.6 Å². The van der Waals surface area contributed by atoms with Crippen LogP contribution in [0.1, 0.15) is 0 Å². The quantitative estimate of drug-likeness (QED) is 0.121. The van der Waals surface area contributed by atoms with Gasteiger partial charge in [0.15, 0.2) is 16.9 Å². The van der Waals surface area contributed by atoms with Crippen molar-refractivity contribution in [3.8, 4) is 5.75 Å². The molecule has 0 radical (unpaired) electrons. The van der Waals surface area contributed by atoms with Gasteiger partial charge in [0, 0.05) is 85.2 Å². The Bertz CT molecular complexity index is 2220. The van der Waals surface area contributed by atoms with E-state index in [2.05, 4.69) is 34.5 Å². The first-order valence-electron chi connectivity index (χ1n) is 16.5. The molecular formula is C34H36ClFN8O6S4. The summed E-state index contributed by atoms with van der Waals surface area (Å²) in [5.74, 6) is 0.128. The van der Waals surface area contributed by atoms with Gasteiger partial charge in [-0.25, -0.2) is 31.2 Å². The molecule has 286 valence electrons. The van der Waals surface area contributed by atoms with E-state index in [-0.39, 0.29) is 39.0 Å². The summed E-state index contributed by atoms with van der Waals surface area (Å²) in [6, 6.07) is 17.5. The van der Waals surface area contributed by atoms with E-state index in [1.54, 1.807) is 53.4 Å². The first-order chi connectivity index (χ1) is 25.9. The molecule has 5 N–H and O–H groups in total. The minimum Gasteiger partial charge on any atom is -0.484 e. The number of anilines is 4. The number of benzene rings is 3. The Morgan fingerprint density at radius 1 is 0.815 bits per heavy atom. The summed E-state index contributed by atoms with van der Waals surface area (Å²) in [6.07, 6.45) is 3.09. The normalized spacial score (nSPS) is 14.6. The van der Waals surface area contributed by atoms with E-state index in [4.69, 9.17) is 22.1 Å². The number of nitrogens with two attached hydrogens (primary N) is 1. The molecule has 14 nitrogen and oxygen atoms in total. The third-order valence-corrected chi connectivity index (χ3v) is 13.1. The lowest BCUT2D eigenvalue weighted by atomic mass is 9.99. The van der Waals surface area contributed by atoms with Crippen LogP contribution in [0.2, 0.25) is 5.02 Å². The first-order valence-corrected chi connectivity index (χ1v) is 21.6. The Kier molecular flexibility index (Phi) is 12.5. The Balaban J connectivity index is 0.000000203. The number of nitrogens with one attached hydrogen (secondary N) is 3. The molecular weight excluding hydrogens is 799 g/mol. The van der Waals surface area contributed by atoms with E-state index in [1.807, 2.05) is 12.1 Å². The van der Waals surface area contributed by atoms with Gasteiger partial charge in [-0.1, -0.05) is 11.6 Å². The molecule has 2 saturated heterocycles. The van der Waals surface area contributed by atoms with Crippen LogP contribution in [0.3, 0.4) is 0 Å². The third kappa shape index (κ3) is 10.2. The fourth-order valence-electron chi connectivity index (χ4n) is 5.43. The van der Waals surface area contributed by atoms with Crippen LogP contribution in [-0.2, 0) is 24.8 Å². The summed E-state index contributed by atoms with van der Waals surface area (Å²) >= 11 is 8.07. The van der Waals surface area contributed by atoms with Crippen molar-refractivity contribution < 1.29 is 30.8 Å². The number of carbonyl (C=O) groups is 1. The summed E-state index contributed by atoms with van der Waals surface area (Å²) < 4.78 is 72.8. The van der Waals surface area contributed by atoms with Gasteiger partial charge in [0.25, 0.3) is 26.0 Å². The zero-order valence-corrected chi connectivity index (χ0v) is 32.5. The highest BCUT2D eigenvalue weighted by Crippen LogP contribution is 2.28. The number of amides is 1. The monoisotopic (exact) mass is 834 g/mol. The second-order valence-corrected chi connectivity index (χ2v) is 17.9. The SMILES string of the molecule is NCC1CN(c2ccc(S(=O)(=O)Nc3nccs3)cc2)C1.O=C(COc1ccc(Cl)c(F)c1)NCC1CN(c2ccc(S(=O)(=O)Nc3nccs3)cc2)C1. The maximum atomic E-state index is 13.4.